The first kappa shape index (κ1) is 29.7. The zero-order chi connectivity index (χ0) is 26.5. The van der Waals surface area contributed by atoms with Gasteiger partial charge < -0.3 is 25.0 Å². The maximum atomic E-state index is 13.3. The molecule has 1 rings (SSSR count). The van der Waals surface area contributed by atoms with Crippen LogP contribution >= 0.6 is 0 Å². The van der Waals surface area contributed by atoms with Crippen LogP contribution in [0.3, 0.4) is 0 Å². The third-order valence-corrected chi connectivity index (χ3v) is 5.29. The SMILES string of the molecule is C=CCOC(=O)N[C@H](C(=O)N(C)[C@@H](CC(C)C)C(=O)N[C@@H](C)C(=O)OCc1ccccc1)C(C)C. The van der Waals surface area contributed by atoms with Gasteiger partial charge in [0.05, 0.1) is 0 Å². The van der Waals surface area contributed by atoms with Crippen LogP contribution in [0.2, 0.25) is 0 Å². The number of likely N-dealkylation sites (N-methyl/N-ethyl adjacent to an activating group) is 1. The van der Waals surface area contributed by atoms with Gasteiger partial charge in [0, 0.05) is 7.05 Å². The van der Waals surface area contributed by atoms with Gasteiger partial charge >= 0.3 is 12.1 Å². The first-order valence-corrected chi connectivity index (χ1v) is 11.8. The summed E-state index contributed by atoms with van der Waals surface area (Å²) in [4.78, 5) is 52.2. The number of nitrogens with zero attached hydrogens (tertiary/aromatic N) is 1. The fourth-order valence-corrected chi connectivity index (χ4v) is 3.30. The van der Waals surface area contributed by atoms with Crippen LogP contribution in [-0.2, 0) is 30.5 Å². The fraction of sp³-hybridized carbons (Fsp3) is 0.538. The summed E-state index contributed by atoms with van der Waals surface area (Å²) in [6.45, 7) is 12.6. The van der Waals surface area contributed by atoms with Crippen molar-refractivity contribution in [3.63, 3.8) is 0 Å². The van der Waals surface area contributed by atoms with Gasteiger partial charge in [-0.05, 0) is 30.7 Å². The van der Waals surface area contributed by atoms with Crippen molar-refractivity contribution in [3.05, 3.63) is 48.6 Å². The van der Waals surface area contributed by atoms with Crippen molar-refractivity contribution in [1.82, 2.24) is 15.5 Å². The number of alkyl carbamates (subject to hydrolysis) is 1. The number of amides is 3. The summed E-state index contributed by atoms with van der Waals surface area (Å²) < 4.78 is 10.2. The topological polar surface area (TPSA) is 114 Å². The number of ether oxygens (including phenoxy) is 2. The van der Waals surface area contributed by atoms with Gasteiger partial charge in [-0.2, -0.15) is 0 Å². The quantitative estimate of drug-likeness (QED) is 0.325. The molecule has 0 heterocycles. The van der Waals surface area contributed by atoms with E-state index >= 15 is 0 Å². The number of hydrogen-bond acceptors (Lipinski definition) is 6. The van der Waals surface area contributed by atoms with Gasteiger partial charge in [-0.25, -0.2) is 9.59 Å². The van der Waals surface area contributed by atoms with Crippen LogP contribution in [0, 0.1) is 11.8 Å². The molecule has 1 aromatic carbocycles. The number of hydrogen-bond donors (Lipinski definition) is 2. The largest absolute Gasteiger partial charge is 0.459 e. The first-order valence-electron chi connectivity index (χ1n) is 11.8. The molecule has 194 valence electrons. The molecule has 0 saturated carbocycles. The van der Waals surface area contributed by atoms with Crippen molar-refractivity contribution in [2.24, 2.45) is 11.8 Å². The van der Waals surface area contributed by atoms with Crippen LogP contribution in [0.15, 0.2) is 43.0 Å². The summed E-state index contributed by atoms with van der Waals surface area (Å²) in [5.41, 5.74) is 0.834. The average molecular weight is 490 g/mol. The van der Waals surface area contributed by atoms with E-state index in [0.717, 1.165) is 5.56 Å². The molecule has 0 fully saturated rings. The fourth-order valence-electron chi connectivity index (χ4n) is 3.30. The second-order valence-electron chi connectivity index (χ2n) is 9.17. The van der Waals surface area contributed by atoms with Crippen LogP contribution in [0.25, 0.3) is 0 Å². The molecule has 0 radical (unpaired) electrons. The lowest BCUT2D eigenvalue weighted by molar-refractivity contribution is -0.149. The molecular weight excluding hydrogens is 450 g/mol. The van der Waals surface area contributed by atoms with E-state index in [9.17, 15) is 19.2 Å². The number of nitrogens with one attached hydrogen (secondary N) is 2. The van der Waals surface area contributed by atoms with E-state index in [-0.39, 0.29) is 25.0 Å². The maximum Gasteiger partial charge on any atom is 0.408 e. The number of carbonyl (C=O) groups is 4. The van der Waals surface area contributed by atoms with Crippen molar-refractivity contribution >= 4 is 23.9 Å². The third-order valence-electron chi connectivity index (χ3n) is 5.29. The Labute approximate surface area is 208 Å². The summed E-state index contributed by atoms with van der Waals surface area (Å²) in [5, 5.41) is 5.23. The molecule has 0 spiro atoms. The molecule has 0 aliphatic carbocycles. The number of rotatable bonds is 13. The Hall–Kier alpha value is -3.36. The smallest absolute Gasteiger partial charge is 0.408 e. The zero-order valence-electron chi connectivity index (χ0n) is 21.6. The molecule has 35 heavy (non-hydrogen) atoms. The minimum Gasteiger partial charge on any atom is -0.459 e. The molecule has 3 atom stereocenters. The van der Waals surface area contributed by atoms with E-state index in [0.29, 0.717) is 6.42 Å². The Kier molecular flexibility index (Phi) is 12.6. The molecule has 0 aromatic heterocycles. The second kappa shape index (κ2) is 14.8. The monoisotopic (exact) mass is 489 g/mol. The average Bonchev–Trinajstić information content (AvgIpc) is 2.82. The predicted octanol–water partition coefficient (Wildman–Crippen LogP) is 3.04. The van der Waals surface area contributed by atoms with Gasteiger partial charge in [0.1, 0.15) is 31.3 Å². The van der Waals surface area contributed by atoms with Gasteiger partial charge in [0.15, 0.2) is 0 Å². The molecule has 0 saturated heterocycles. The maximum absolute atomic E-state index is 13.3. The van der Waals surface area contributed by atoms with Gasteiger partial charge in [0.25, 0.3) is 0 Å². The Balaban J connectivity index is 2.88. The molecule has 1 aromatic rings. The lowest BCUT2D eigenvalue weighted by atomic mass is 9.98. The highest BCUT2D eigenvalue weighted by atomic mass is 16.5. The van der Waals surface area contributed by atoms with Crippen molar-refractivity contribution < 1.29 is 28.7 Å². The Bertz CT molecular complexity index is 856. The normalized spacial score (nSPS) is 13.4. The van der Waals surface area contributed by atoms with Crippen LogP contribution in [0.1, 0.15) is 46.6 Å². The predicted molar refractivity (Wildman–Crippen MR) is 133 cm³/mol. The molecule has 3 amide bonds. The molecule has 9 nitrogen and oxygen atoms in total. The number of esters is 1. The van der Waals surface area contributed by atoms with Gasteiger partial charge in [0.2, 0.25) is 11.8 Å². The van der Waals surface area contributed by atoms with Crippen LogP contribution in [-0.4, -0.2) is 60.6 Å². The highest BCUT2D eigenvalue weighted by Gasteiger charge is 2.35. The van der Waals surface area contributed by atoms with E-state index in [2.05, 4.69) is 17.2 Å². The van der Waals surface area contributed by atoms with Crippen LogP contribution in [0.4, 0.5) is 4.79 Å². The van der Waals surface area contributed by atoms with E-state index in [1.165, 1.54) is 24.9 Å². The summed E-state index contributed by atoms with van der Waals surface area (Å²) in [6, 6.07) is 6.57. The number of benzene rings is 1. The molecular formula is C26H39N3O6. The first-order chi connectivity index (χ1) is 16.5. The van der Waals surface area contributed by atoms with Crippen LogP contribution < -0.4 is 10.6 Å². The van der Waals surface area contributed by atoms with Crippen molar-refractivity contribution in [1.29, 1.82) is 0 Å². The van der Waals surface area contributed by atoms with E-state index in [1.807, 2.05) is 44.2 Å². The van der Waals surface area contributed by atoms with Gasteiger partial charge in [-0.1, -0.05) is 70.7 Å². The lowest BCUT2D eigenvalue weighted by Gasteiger charge is -2.33. The molecule has 2 N–H and O–H groups in total. The third kappa shape index (κ3) is 10.2. The minimum atomic E-state index is -0.905. The van der Waals surface area contributed by atoms with Crippen LogP contribution in [0.5, 0.6) is 0 Å². The molecule has 0 bridgehead atoms. The number of carbonyl (C=O) groups excluding carboxylic acids is 4. The molecule has 0 aliphatic rings. The highest BCUT2D eigenvalue weighted by Crippen LogP contribution is 2.15. The molecule has 0 aliphatic heterocycles. The second-order valence-corrected chi connectivity index (χ2v) is 9.17. The summed E-state index contributed by atoms with van der Waals surface area (Å²) in [5.74, 6) is -1.66. The van der Waals surface area contributed by atoms with E-state index < -0.39 is 42.0 Å². The minimum absolute atomic E-state index is 0.0112. The van der Waals surface area contributed by atoms with Crippen molar-refractivity contribution in [2.75, 3.05) is 13.7 Å². The summed E-state index contributed by atoms with van der Waals surface area (Å²) in [7, 11) is 1.51. The highest BCUT2D eigenvalue weighted by molar-refractivity contribution is 5.93. The van der Waals surface area contributed by atoms with Crippen molar-refractivity contribution in [3.8, 4) is 0 Å². The lowest BCUT2D eigenvalue weighted by Crippen LogP contribution is -2.57. The Morgan fingerprint density at radius 1 is 1.00 bits per heavy atom. The summed E-state index contributed by atoms with van der Waals surface area (Å²) in [6.07, 6.45) is 1.04. The van der Waals surface area contributed by atoms with Crippen molar-refractivity contribution in [2.45, 2.75) is 65.8 Å². The van der Waals surface area contributed by atoms with E-state index in [1.54, 1.807) is 13.8 Å². The van der Waals surface area contributed by atoms with E-state index in [4.69, 9.17) is 9.47 Å². The van der Waals surface area contributed by atoms with Gasteiger partial charge in [-0.15, -0.1) is 0 Å². The van der Waals surface area contributed by atoms with Gasteiger partial charge in [-0.3, -0.25) is 9.59 Å². The zero-order valence-corrected chi connectivity index (χ0v) is 21.6. The summed E-state index contributed by atoms with van der Waals surface area (Å²) >= 11 is 0. The molecule has 9 heteroatoms. The standard InChI is InChI=1S/C26H39N3O6/c1-8-14-34-26(33)28-22(18(4)5)24(31)29(7)21(15-17(2)3)23(30)27-19(6)25(32)35-16-20-12-10-9-11-13-20/h8-13,17-19,21-22H,1,14-16H2,2-7H3,(H,27,30)(H,28,33)/t19-,21-,22-/m0/s1. The Morgan fingerprint density at radius 3 is 2.17 bits per heavy atom. The molecule has 0 unspecified atom stereocenters. The Morgan fingerprint density at radius 2 is 1.63 bits per heavy atom.